The summed E-state index contributed by atoms with van der Waals surface area (Å²) >= 11 is 0. The SMILES string of the molecule is CCCC(=O)N[C@@H](c1cnn2cc([C@@H](NC(=O)[C@@H]3CC34CCC4)C3CCC(F)(F)CC3)nc2c1)C1CC1. The van der Waals surface area contributed by atoms with Crippen molar-refractivity contribution in [3.63, 3.8) is 0 Å². The van der Waals surface area contributed by atoms with Crippen LogP contribution in [0.15, 0.2) is 18.5 Å². The molecular formula is C28H37F2N5O2. The normalized spacial score (nSPS) is 25.9. The Labute approximate surface area is 216 Å². The summed E-state index contributed by atoms with van der Waals surface area (Å²) in [6.45, 7) is 1.99. The van der Waals surface area contributed by atoms with Crippen LogP contribution in [0.4, 0.5) is 8.78 Å². The van der Waals surface area contributed by atoms with Crippen LogP contribution in [-0.4, -0.2) is 32.3 Å². The molecule has 2 amide bonds. The third kappa shape index (κ3) is 4.98. The Morgan fingerprint density at radius 2 is 1.81 bits per heavy atom. The molecule has 3 atom stereocenters. The number of halogens is 2. The number of nitrogens with one attached hydrogen (secondary N) is 2. The van der Waals surface area contributed by atoms with Crippen LogP contribution in [0.2, 0.25) is 0 Å². The predicted octanol–water partition coefficient (Wildman–Crippen LogP) is 5.27. The largest absolute Gasteiger partial charge is 0.349 e. The molecule has 6 rings (SSSR count). The quantitative estimate of drug-likeness (QED) is 0.478. The van der Waals surface area contributed by atoms with Crippen molar-refractivity contribution in [1.29, 1.82) is 0 Å². The first-order chi connectivity index (χ1) is 17.8. The van der Waals surface area contributed by atoms with Gasteiger partial charge in [-0.3, -0.25) is 9.59 Å². The van der Waals surface area contributed by atoms with E-state index in [0.29, 0.717) is 36.5 Å². The van der Waals surface area contributed by atoms with Crippen LogP contribution < -0.4 is 10.6 Å². The minimum absolute atomic E-state index is 0.0418. The van der Waals surface area contributed by atoms with Crippen LogP contribution in [0.1, 0.15) is 107 Å². The van der Waals surface area contributed by atoms with Crippen molar-refractivity contribution in [3.05, 3.63) is 29.7 Å². The zero-order valence-corrected chi connectivity index (χ0v) is 21.5. The monoisotopic (exact) mass is 513 g/mol. The highest BCUT2D eigenvalue weighted by atomic mass is 19.3. The van der Waals surface area contributed by atoms with Crippen molar-refractivity contribution in [3.8, 4) is 0 Å². The Bertz CT molecular complexity index is 1180. The maximum Gasteiger partial charge on any atom is 0.248 e. The molecule has 9 heteroatoms. The molecule has 1 spiro atoms. The third-order valence-corrected chi connectivity index (χ3v) is 9.31. The van der Waals surface area contributed by atoms with E-state index in [1.165, 1.54) is 6.42 Å². The minimum Gasteiger partial charge on any atom is -0.349 e. The lowest BCUT2D eigenvalue weighted by Gasteiger charge is -2.34. The summed E-state index contributed by atoms with van der Waals surface area (Å²) in [5.41, 5.74) is 2.45. The summed E-state index contributed by atoms with van der Waals surface area (Å²) in [6, 6.07) is 1.47. The van der Waals surface area contributed by atoms with Gasteiger partial charge in [0.2, 0.25) is 17.7 Å². The number of hydrogen-bond acceptors (Lipinski definition) is 4. The zero-order chi connectivity index (χ0) is 25.8. The van der Waals surface area contributed by atoms with Crippen LogP contribution in [0.5, 0.6) is 0 Å². The molecule has 4 fully saturated rings. The predicted molar refractivity (Wildman–Crippen MR) is 134 cm³/mol. The van der Waals surface area contributed by atoms with E-state index < -0.39 is 12.0 Å². The van der Waals surface area contributed by atoms with Gasteiger partial charge >= 0.3 is 0 Å². The summed E-state index contributed by atoms with van der Waals surface area (Å²) in [6.07, 6.45) is 11.8. The van der Waals surface area contributed by atoms with Gasteiger partial charge in [0.15, 0.2) is 5.65 Å². The van der Waals surface area contributed by atoms with Crippen molar-refractivity contribution in [2.24, 2.45) is 23.2 Å². The van der Waals surface area contributed by atoms with Crippen LogP contribution in [0.3, 0.4) is 0 Å². The molecule has 200 valence electrons. The van der Waals surface area contributed by atoms with E-state index in [1.807, 2.05) is 19.2 Å². The molecule has 0 unspecified atom stereocenters. The summed E-state index contributed by atoms with van der Waals surface area (Å²) < 4.78 is 29.6. The maximum absolute atomic E-state index is 13.9. The number of aromatic nitrogens is 3. The summed E-state index contributed by atoms with van der Waals surface area (Å²) in [4.78, 5) is 30.4. The number of hydrogen-bond donors (Lipinski definition) is 2. The average molecular weight is 514 g/mol. The zero-order valence-electron chi connectivity index (χ0n) is 21.5. The standard InChI is InChI=1S/C28H37F2N5O2/c1-2-4-23(36)33-24(17-5-6-17)19-13-22-32-21(16-35(22)31-15-19)25(18-7-11-28(29,30)12-8-18)34-26(37)20-14-27(20)9-3-10-27/h13,15-18,20,24-25H,2-12,14H2,1H3,(H,33,36)(H,34,37)/t20-,24+,25-/m0/s1. The molecule has 4 aliphatic carbocycles. The van der Waals surface area contributed by atoms with Gasteiger partial charge in [-0.15, -0.1) is 0 Å². The molecule has 2 heterocycles. The van der Waals surface area contributed by atoms with Gasteiger partial charge in [0.05, 0.1) is 30.2 Å². The number of imidazole rings is 1. The Hall–Kier alpha value is -2.58. The van der Waals surface area contributed by atoms with E-state index in [1.54, 1.807) is 10.7 Å². The van der Waals surface area contributed by atoms with E-state index in [2.05, 4.69) is 15.7 Å². The fourth-order valence-corrected chi connectivity index (χ4v) is 6.59. The van der Waals surface area contributed by atoms with Gasteiger partial charge in [0, 0.05) is 25.2 Å². The summed E-state index contributed by atoms with van der Waals surface area (Å²) in [5.74, 6) is -2.18. The average Bonchev–Trinajstić information content (AvgIpc) is 3.76. The van der Waals surface area contributed by atoms with Crippen LogP contribution in [-0.2, 0) is 9.59 Å². The molecule has 4 saturated carbocycles. The molecule has 0 bridgehead atoms. The second kappa shape index (κ2) is 9.31. The smallest absolute Gasteiger partial charge is 0.248 e. The van der Waals surface area contributed by atoms with Crippen LogP contribution in [0, 0.1) is 23.2 Å². The number of rotatable bonds is 9. The Morgan fingerprint density at radius 1 is 1.08 bits per heavy atom. The van der Waals surface area contributed by atoms with E-state index in [0.717, 1.165) is 44.1 Å². The molecule has 0 saturated heterocycles. The summed E-state index contributed by atoms with van der Waals surface area (Å²) in [7, 11) is 0. The van der Waals surface area contributed by atoms with E-state index in [-0.39, 0.29) is 47.9 Å². The molecule has 7 nitrogen and oxygen atoms in total. The lowest BCUT2D eigenvalue weighted by atomic mass is 9.79. The van der Waals surface area contributed by atoms with Gasteiger partial charge in [0.1, 0.15) is 0 Å². The molecule has 2 aromatic heterocycles. The molecule has 0 aromatic carbocycles. The molecule has 2 N–H and O–H groups in total. The highest BCUT2D eigenvalue weighted by molar-refractivity contribution is 5.83. The second-order valence-electron chi connectivity index (χ2n) is 12.0. The van der Waals surface area contributed by atoms with Gasteiger partial charge in [-0.1, -0.05) is 13.3 Å². The first-order valence-electron chi connectivity index (χ1n) is 14.1. The Kier molecular flexibility index (Phi) is 6.23. The highest BCUT2D eigenvalue weighted by Crippen LogP contribution is 2.65. The lowest BCUT2D eigenvalue weighted by Crippen LogP contribution is -2.39. The second-order valence-corrected chi connectivity index (χ2v) is 12.0. The van der Waals surface area contributed by atoms with Gasteiger partial charge in [0.25, 0.3) is 0 Å². The molecule has 4 aliphatic rings. The van der Waals surface area contributed by atoms with Gasteiger partial charge < -0.3 is 10.6 Å². The fourth-order valence-electron chi connectivity index (χ4n) is 6.59. The number of carbonyl (C=O) groups excluding carboxylic acids is 2. The van der Waals surface area contributed by atoms with E-state index in [4.69, 9.17) is 4.98 Å². The molecule has 37 heavy (non-hydrogen) atoms. The van der Waals surface area contributed by atoms with Gasteiger partial charge in [-0.25, -0.2) is 18.3 Å². The lowest BCUT2D eigenvalue weighted by molar-refractivity contribution is -0.125. The molecule has 0 aliphatic heterocycles. The van der Waals surface area contributed by atoms with Crippen molar-refractivity contribution < 1.29 is 18.4 Å². The van der Waals surface area contributed by atoms with Gasteiger partial charge in [-0.2, -0.15) is 5.10 Å². The van der Waals surface area contributed by atoms with Gasteiger partial charge in [-0.05, 0) is 80.2 Å². The van der Waals surface area contributed by atoms with Crippen molar-refractivity contribution >= 4 is 17.5 Å². The van der Waals surface area contributed by atoms with E-state index in [9.17, 15) is 18.4 Å². The van der Waals surface area contributed by atoms with Crippen LogP contribution >= 0.6 is 0 Å². The third-order valence-electron chi connectivity index (χ3n) is 9.31. The van der Waals surface area contributed by atoms with E-state index >= 15 is 0 Å². The van der Waals surface area contributed by atoms with Crippen molar-refractivity contribution in [1.82, 2.24) is 25.2 Å². The highest BCUT2D eigenvalue weighted by Gasteiger charge is 2.61. The number of carbonyl (C=O) groups is 2. The number of nitrogens with zero attached hydrogens (tertiary/aromatic N) is 3. The Balaban J connectivity index is 1.25. The first kappa shape index (κ1) is 24.7. The van der Waals surface area contributed by atoms with Crippen LogP contribution in [0.25, 0.3) is 5.65 Å². The topological polar surface area (TPSA) is 88.4 Å². The molecular weight excluding hydrogens is 476 g/mol. The summed E-state index contributed by atoms with van der Waals surface area (Å²) in [5, 5.41) is 11.0. The molecule has 0 radical (unpaired) electrons. The van der Waals surface area contributed by atoms with Crippen molar-refractivity contribution in [2.45, 2.75) is 102 Å². The first-order valence-corrected chi connectivity index (χ1v) is 14.1. The number of fused-ring (bicyclic) bond motifs is 1. The van der Waals surface area contributed by atoms with Crippen molar-refractivity contribution in [2.75, 3.05) is 0 Å². The molecule has 2 aromatic rings. The minimum atomic E-state index is -2.63. The Morgan fingerprint density at radius 3 is 2.43 bits per heavy atom. The number of amides is 2. The maximum atomic E-state index is 13.9. The fraction of sp³-hybridized carbons (Fsp3) is 0.714. The number of alkyl halides is 2.